The fourth-order valence-corrected chi connectivity index (χ4v) is 5.17. The predicted molar refractivity (Wildman–Crippen MR) is 146 cm³/mol. The number of ether oxygens (including phenoxy) is 1. The molecule has 9 nitrogen and oxygen atoms in total. The molecule has 1 N–H and O–H groups in total. The first-order chi connectivity index (χ1) is 19.4. The number of hydrogen-bond donors (Lipinski definition) is 1. The third kappa shape index (κ3) is 5.50. The molecule has 1 aromatic heterocycles. The SMILES string of the molecule is CC[N+](C)(CC)CCc1cc(C#N)ccc1[C@@H]1C(C(=O)OC)=C(C)N(c2cccc(C(F)(F)F)c2)c2n[nH]c(=O)n21. The van der Waals surface area contributed by atoms with Crippen LogP contribution in [0.25, 0.3) is 0 Å². The zero-order chi connectivity index (χ0) is 30.1. The molecule has 0 saturated heterocycles. The van der Waals surface area contributed by atoms with E-state index in [1.165, 1.54) is 28.7 Å². The molecule has 0 fully saturated rings. The second-order valence-corrected chi connectivity index (χ2v) is 10.2. The summed E-state index contributed by atoms with van der Waals surface area (Å²) in [5.74, 6) is -0.733. The molecule has 4 rings (SSSR count). The molecule has 1 aliphatic rings. The van der Waals surface area contributed by atoms with Crippen molar-refractivity contribution in [2.75, 3.05) is 38.7 Å². The number of esters is 1. The average molecular weight is 570 g/mol. The number of allylic oxidation sites excluding steroid dienone is 1. The van der Waals surface area contributed by atoms with E-state index in [2.05, 4.69) is 37.2 Å². The lowest BCUT2D eigenvalue weighted by molar-refractivity contribution is -0.905. The normalized spacial score (nSPS) is 15.5. The highest BCUT2D eigenvalue weighted by molar-refractivity contribution is 5.93. The van der Waals surface area contributed by atoms with Gasteiger partial charge in [-0.05, 0) is 62.2 Å². The number of aromatic amines is 1. The van der Waals surface area contributed by atoms with Gasteiger partial charge in [-0.1, -0.05) is 12.1 Å². The number of aromatic nitrogens is 3. The van der Waals surface area contributed by atoms with Crippen LogP contribution in [-0.2, 0) is 22.1 Å². The number of quaternary nitrogens is 1. The second kappa shape index (κ2) is 11.2. The summed E-state index contributed by atoms with van der Waals surface area (Å²) in [6.07, 6.45) is -4.06. The molecule has 12 heteroatoms. The van der Waals surface area contributed by atoms with Crippen LogP contribution >= 0.6 is 0 Å². The van der Waals surface area contributed by atoms with Crippen LogP contribution in [0.1, 0.15) is 49.1 Å². The number of fused-ring (bicyclic) bond motifs is 1. The van der Waals surface area contributed by atoms with Crippen molar-refractivity contribution in [1.82, 2.24) is 14.8 Å². The summed E-state index contributed by atoms with van der Waals surface area (Å²) in [6.45, 7) is 8.28. The van der Waals surface area contributed by atoms with Crippen molar-refractivity contribution in [1.29, 1.82) is 5.26 Å². The van der Waals surface area contributed by atoms with Crippen LogP contribution in [0.5, 0.6) is 0 Å². The summed E-state index contributed by atoms with van der Waals surface area (Å²) < 4.78 is 47.9. The number of benzene rings is 2. The molecule has 2 heterocycles. The first kappa shape index (κ1) is 29.6. The summed E-state index contributed by atoms with van der Waals surface area (Å²) in [5, 5.41) is 16.2. The van der Waals surface area contributed by atoms with E-state index in [0.717, 1.165) is 41.8 Å². The lowest BCUT2D eigenvalue weighted by atomic mass is 9.89. The average Bonchev–Trinajstić information content (AvgIpc) is 3.34. The molecule has 3 aromatic rings. The minimum Gasteiger partial charge on any atom is -0.466 e. The third-order valence-corrected chi connectivity index (χ3v) is 7.99. The highest BCUT2D eigenvalue weighted by Gasteiger charge is 2.41. The second-order valence-electron chi connectivity index (χ2n) is 10.2. The summed E-state index contributed by atoms with van der Waals surface area (Å²) in [4.78, 5) is 28.0. The van der Waals surface area contributed by atoms with Crippen molar-refractivity contribution < 1.29 is 27.2 Å². The summed E-state index contributed by atoms with van der Waals surface area (Å²) in [6, 6.07) is 10.8. The Morgan fingerprint density at radius 3 is 2.51 bits per heavy atom. The van der Waals surface area contributed by atoms with Crippen molar-refractivity contribution in [2.45, 2.75) is 39.4 Å². The number of H-pyrrole nitrogens is 1. The van der Waals surface area contributed by atoms with Crippen LogP contribution < -0.4 is 10.6 Å². The summed E-state index contributed by atoms with van der Waals surface area (Å²) in [5.41, 5.74) is 0.618. The van der Waals surface area contributed by atoms with Gasteiger partial charge in [0.2, 0.25) is 5.95 Å². The molecule has 1 atom stereocenters. The standard InChI is InChI=1S/C29H31F3N6O3/c1-6-38(4,7-2)14-13-20-15-19(17-33)11-12-23(20)25-24(26(39)41-5)18(3)36(27-34-35-28(40)37(25)27)22-10-8-9-21(16-22)29(30,31)32/h8-12,15-16,25H,6-7,13-14H2,1-5H3/p+1/t25-/m1/s1. The number of halogens is 3. The molecular formula is C29H32F3N6O3+. The number of hydrogen-bond acceptors (Lipinski definition) is 6. The topological polar surface area (TPSA) is 104 Å². The largest absolute Gasteiger partial charge is 0.466 e. The maximum atomic E-state index is 13.6. The van der Waals surface area contributed by atoms with Gasteiger partial charge in [0, 0.05) is 17.8 Å². The number of nitrogens with zero attached hydrogens (tertiary/aromatic N) is 5. The van der Waals surface area contributed by atoms with Gasteiger partial charge >= 0.3 is 17.8 Å². The molecule has 216 valence electrons. The number of carbonyl (C=O) groups excluding carboxylic acids is 1. The molecule has 0 aliphatic carbocycles. The molecule has 0 spiro atoms. The van der Waals surface area contributed by atoms with Crippen molar-refractivity contribution in [3.8, 4) is 6.07 Å². The van der Waals surface area contributed by atoms with E-state index in [4.69, 9.17) is 4.74 Å². The molecule has 41 heavy (non-hydrogen) atoms. The van der Waals surface area contributed by atoms with Crippen LogP contribution in [-0.4, -0.2) is 59.0 Å². The maximum absolute atomic E-state index is 13.6. The van der Waals surface area contributed by atoms with Crippen LogP contribution in [0.3, 0.4) is 0 Å². The van der Waals surface area contributed by atoms with Crippen molar-refractivity contribution >= 4 is 17.6 Å². The Labute approximate surface area is 235 Å². The number of rotatable bonds is 8. The van der Waals surface area contributed by atoms with Gasteiger partial charge < -0.3 is 9.22 Å². The maximum Gasteiger partial charge on any atom is 0.416 e. The zero-order valence-electron chi connectivity index (χ0n) is 23.5. The molecule has 0 saturated carbocycles. The highest BCUT2D eigenvalue weighted by Crippen LogP contribution is 2.43. The minimum absolute atomic E-state index is 0.0162. The predicted octanol–water partition coefficient (Wildman–Crippen LogP) is 4.68. The molecule has 0 unspecified atom stereocenters. The molecule has 0 bridgehead atoms. The van der Waals surface area contributed by atoms with E-state index in [9.17, 15) is 28.0 Å². The quantitative estimate of drug-likeness (QED) is 0.312. The summed E-state index contributed by atoms with van der Waals surface area (Å²) >= 11 is 0. The summed E-state index contributed by atoms with van der Waals surface area (Å²) in [7, 11) is 3.33. The smallest absolute Gasteiger partial charge is 0.416 e. The van der Waals surface area contributed by atoms with Gasteiger partial charge in [0.15, 0.2) is 0 Å². The van der Waals surface area contributed by atoms with Crippen molar-refractivity contribution in [2.24, 2.45) is 0 Å². The first-order valence-corrected chi connectivity index (χ1v) is 13.2. The number of likely N-dealkylation sites (N-methyl/N-ethyl adjacent to an activating group) is 1. The fourth-order valence-electron chi connectivity index (χ4n) is 5.17. The number of carbonyl (C=O) groups is 1. The van der Waals surface area contributed by atoms with Gasteiger partial charge in [-0.25, -0.2) is 19.3 Å². The zero-order valence-corrected chi connectivity index (χ0v) is 23.5. The van der Waals surface area contributed by atoms with E-state index in [1.807, 2.05) is 0 Å². The van der Waals surface area contributed by atoms with E-state index in [-0.39, 0.29) is 22.9 Å². The number of nitriles is 1. The molecule has 0 amide bonds. The number of alkyl halides is 3. The van der Waals surface area contributed by atoms with E-state index < -0.39 is 29.4 Å². The molecule has 1 aliphatic heterocycles. The van der Waals surface area contributed by atoms with Gasteiger partial charge in [-0.15, -0.1) is 5.10 Å². The third-order valence-electron chi connectivity index (χ3n) is 7.99. The minimum atomic E-state index is -4.61. The van der Waals surface area contributed by atoms with Crippen LogP contribution in [0.15, 0.2) is 58.5 Å². The van der Waals surface area contributed by atoms with Gasteiger partial charge in [0.25, 0.3) is 0 Å². The Hall–Kier alpha value is -4.37. The Morgan fingerprint density at radius 2 is 1.90 bits per heavy atom. The number of methoxy groups -OCH3 is 1. The molecule has 2 aromatic carbocycles. The van der Waals surface area contributed by atoms with Gasteiger partial charge in [-0.2, -0.15) is 18.4 Å². The number of anilines is 2. The van der Waals surface area contributed by atoms with Crippen molar-refractivity contribution in [3.05, 3.63) is 86.5 Å². The van der Waals surface area contributed by atoms with Gasteiger partial charge in [0.05, 0.1) is 56.6 Å². The lowest BCUT2D eigenvalue weighted by Crippen LogP contribution is -2.45. The Balaban J connectivity index is 1.97. The lowest BCUT2D eigenvalue weighted by Gasteiger charge is -2.36. The monoisotopic (exact) mass is 569 g/mol. The van der Waals surface area contributed by atoms with Gasteiger partial charge in [-0.3, -0.25) is 4.90 Å². The Kier molecular flexibility index (Phi) is 8.12. The van der Waals surface area contributed by atoms with Crippen LogP contribution in [0.4, 0.5) is 24.8 Å². The fraction of sp³-hybridized carbons (Fsp3) is 0.379. The number of nitrogens with one attached hydrogen (secondary N) is 1. The Bertz CT molecular complexity index is 1590. The first-order valence-electron chi connectivity index (χ1n) is 13.2. The van der Waals surface area contributed by atoms with Crippen LogP contribution in [0, 0.1) is 11.3 Å². The molecular weight excluding hydrogens is 537 g/mol. The van der Waals surface area contributed by atoms with E-state index >= 15 is 0 Å². The van der Waals surface area contributed by atoms with E-state index in [1.54, 1.807) is 25.1 Å². The Morgan fingerprint density at radius 1 is 1.20 bits per heavy atom. The molecule has 0 radical (unpaired) electrons. The van der Waals surface area contributed by atoms with Crippen LogP contribution in [0.2, 0.25) is 0 Å². The van der Waals surface area contributed by atoms with Crippen molar-refractivity contribution in [3.63, 3.8) is 0 Å². The van der Waals surface area contributed by atoms with Gasteiger partial charge in [0.1, 0.15) is 6.04 Å². The highest BCUT2D eigenvalue weighted by atomic mass is 19.4. The van der Waals surface area contributed by atoms with E-state index in [0.29, 0.717) is 17.5 Å².